The number of halogens is 3. The number of benzene rings is 1. The van der Waals surface area contributed by atoms with Gasteiger partial charge < -0.3 is 9.64 Å². The highest BCUT2D eigenvalue weighted by Crippen LogP contribution is 2.35. The number of ether oxygens (including phenoxy) is 1. The molecule has 1 atom stereocenters. The Bertz CT molecular complexity index is 589. The van der Waals surface area contributed by atoms with Crippen LogP contribution in [0.5, 0.6) is 5.75 Å². The van der Waals surface area contributed by atoms with E-state index in [1.807, 2.05) is 0 Å². The Morgan fingerprint density at radius 3 is 2.83 bits per heavy atom. The molecule has 0 radical (unpaired) electrons. The monoisotopic (exact) mass is 363 g/mol. The zero-order valence-electron chi connectivity index (χ0n) is 12.3. The van der Waals surface area contributed by atoms with Crippen molar-refractivity contribution in [1.82, 2.24) is 0 Å². The second-order valence-corrected chi connectivity index (χ2v) is 7.83. The summed E-state index contributed by atoms with van der Waals surface area (Å²) in [7, 11) is 0. The predicted molar refractivity (Wildman–Crippen MR) is 87.4 cm³/mol. The molecule has 1 fully saturated rings. The van der Waals surface area contributed by atoms with E-state index in [-0.39, 0.29) is 16.9 Å². The van der Waals surface area contributed by atoms with E-state index in [0.717, 1.165) is 29.2 Å². The Labute approximate surface area is 140 Å². The number of nitrogens with zero attached hydrogens (tertiary/aromatic N) is 1. The average Bonchev–Trinajstić information content (AvgIpc) is 2.52. The minimum absolute atomic E-state index is 0.0626. The number of aryl methyl sites for hydroxylation is 1. The Morgan fingerprint density at radius 2 is 2.13 bits per heavy atom. The van der Waals surface area contributed by atoms with E-state index in [4.69, 9.17) is 0 Å². The van der Waals surface area contributed by atoms with Gasteiger partial charge in [-0.3, -0.25) is 4.79 Å². The Hall–Kier alpha value is -1.02. The number of carbonyl (C=O) groups excluding carboxylic acids is 1. The number of thioether (sulfide) groups is 2. The molecule has 0 aromatic heterocycles. The number of amides is 1. The summed E-state index contributed by atoms with van der Waals surface area (Å²) in [4.78, 5) is 14.4. The molecule has 2 aliphatic heterocycles. The molecule has 0 bridgehead atoms. The van der Waals surface area contributed by atoms with Crippen molar-refractivity contribution in [2.24, 2.45) is 0 Å². The van der Waals surface area contributed by atoms with Crippen molar-refractivity contribution in [3.05, 3.63) is 23.8 Å². The van der Waals surface area contributed by atoms with Gasteiger partial charge in [-0.15, -0.1) is 24.9 Å². The molecule has 0 aliphatic carbocycles. The third-order valence-electron chi connectivity index (χ3n) is 3.76. The van der Waals surface area contributed by atoms with Crippen LogP contribution in [0, 0.1) is 0 Å². The van der Waals surface area contributed by atoms with Crippen LogP contribution in [0.4, 0.5) is 18.9 Å². The van der Waals surface area contributed by atoms with Crippen LogP contribution in [-0.2, 0) is 11.2 Å². The Balaban J connectivity index is 1.80. The number of carbonyl (C=O) groups is 1. The first-order valence-corrected chi connectivity index (χ1v) is 9.54. The van der Waals surface area contributed by atoms with Gasteiger partial charge in [-0.1, -0.05) is 0 Å². The fourth-order valence-corrected chi connectivity index (χ4v) is 5.41. The minimum Gasteiger partial charge on any atom is -0.406 e. The number of hydrogen-bond acceptors (Lipinski definition) is 4. The summed E-state index contributed by atoms with van der Waals surface area (Å²) in [6.45, 7) is 0.618. The van der Waals surface area contributed by atoms with Crippen molar-refractivity contribution < 1.29 is 22.7 Å². The van der Waals surface area contributed by atoms with Crippen LogP contribution in [0.2, 0.25) is 0 Å². The molecule has 1 aromatic carbocycles. The lowest BCUT2D eigenvalue weighted by atomic mass is 10.0. The quantitative estimate of drug-likeness (QED) is 0.801. The van der Waals surface area contributed by atoms with Crippen molar-refractivity contribution in [2.45, 2.75) is 24.5 Å². The molecular formula is C15H16F3NO2S2. The van der Waals surface area contributed by atoms with Crippen molar-refractivity contribution >= 4 is 35.1 Å². The second-order valence-electron chi connectivity index (χ2n) is 5.37. The summed E-state index contributed by atoms with van der Waals surface area (Å²) in [5.74, 6) is 2.65. The minimum atomic E-state index is -4.70. The number of anilines is 1. The topological polar surface area (TPSA) is 29.5 Å². The lowest BCUT2D eigenvalue weighted by Gasteiger charge is -2.33. The molecule has 1 amide bonds. The van der Waals surface area contributed by atoms with Crippen LogP contribution in [-0.4, -0.2) is 41.3 Å². The summed E-state index contributed by atoms with van der Waals surface area (Å²) >= 11 is 3.44. The maximum atomic E-state index is 12.7. The SMILES string of the molecule is O=C(C1CSCCS1)N1CCCc2cc(OC(F)(F)F)ccc21. The summed E-state index contributed by atoms with van der Waals surface area (Å²) in [5.41, 5.74) is 1.45. The first-order valence-electron chi connectivity index (χ1n) is 7.33. The highest BCUT2D eigenvalue weighted by Gasteiger charge is 2.33. The van der Waals surface area contributed by atoms with E-state index in [1.165, 1.54) is 12.1 Å². The van der Waals surface area contributed by atoms with E-state index >= 15 is 0 Å². The van der Waals surface area contributed by atoms with Gasteiger partial charge in [-0.05, 0) is 36.6 Å². The van der Waals surface area contributed by atoms with Crippen LogP contribution in [0.3, 0.4) is 0 Å². The van der Waals surface area contributed by atoms with Gasteiger partial charge in [0, 0.05) is 29.5 Å². The largest absolute Gasteiger partial charge is 0.573 e. The van der Waals surface area contributed by atoms with Crippen LogP contribution >= 0.6 is 23.5 Å². The van der Waals surface area contributed by atoms with E-state index in [1.54, 1.807) is 34.5 Å². The summed E-state index contributed by atoms with van der Waals surface area (Å²) in [5, 5.41) is -0.0641. The normalized spacial score (nSPS) is 21.7. The number of rotatable bonds is 2. The van der Waals surface area contributed by atoms with Crippen molar-refractivity contribution in [1.29, 1.82) is 0 Å². The lowest BCUT2D eigenvalue weighted by Crippen LogP contribution is -2.43. The second kappa shape index (κ2) is 6.84. The van der Waals surface area contributed by atoms with E-state index in [2.05, 4.69) is 4.74 Å². The fraction of sp³-hybridized carbons (Fsp3) is 0.533. The van der Waals surface area contributed by atoms with Crippen molar-refractivity contribution in [3.63, 3.8) is 0 Å². The summed E-state index contributed by atoms with van der Waals surface area (Å²) < 4.78 is 41.0. The number of fused-ring (bicyclic) bond motifs is 1. The molecule has 3 rings (SSSR count). The maximum absolute atomic E-state index is 12.7. The molecule has 2 aliphatic rings. The molecule has 1 saturated heterocycles. The first-order chi connectivity index (χ1) is 10.9. The van der Waals surface area contributed by atoms with E-state index in [0.29, 0.717) is 18.7 Å². The molecule has 0 spiro atoms. The molecule has 0 N–H and O–H groups in total. The average molecular weight is 363 g/mol. The Morgan fingerprint density at radius 1 is 1.30 bits per heavy atom. The molecular weight excluding hydrogens is 347 g/mol. The molecule has 23 heavy (non-hydrogen) atoms. The van der Waals surface area contributed by atoms with Gasteiger partial charge in [0.05, 0.1) is 5.25 Å². The van der Waals surface area contributed by atoms with Crippen molar-refractivity contribution in [3.8, 4) is 5.75 Å². The van der Waals surface area contributed by atoms with Gasteiger partial charge in [0.1, 0.15) is 5.75 Å². The number of hydrogen-bond donors (Lipinski definition) is 0. The zero-order valence-corrected chi connectivity index (χ0v) is 13.9. The van der Waals surface area contributed by atoms with Gasteiger partial charge in [0.25, 0.3) is 0 Å². The van der Waals surface area contributed by atoms with Gasteiger partial charge in [-0.25, -0.2) is 0 Å². The van der Waals surface area contributed by atoms with Gasteiger partial charge >= 0.3 is 6.36 Å². The summed E-state index contributed by atoms with van der Waals surface area (Å²) in [6.07, 6.45) is -3.30. The van der Waals surface area contributed by atoms with E-state index in [9.17, 15) is 18.0 Å². The highest BCUT2D eigenvalue weighted by atomic mass is 32.2. The Kier molecular flexibility index (Phi) is 5.01. The van der Waals surface area contributed by atoms with Crippen LogP contribution < -0.4 is 9.64 Å². The van der Waals surface area contributed by atoms with Gasteiger partial charge in [0.15, 0.2) is 0 Å². The van der Waals surface area contributed by atoms with E-state index < -0.39 is 6.36 Å². The molecule has 1 unspecified atom stereocenters. The van der Waals surface area contributed by atoms with Crippen LogP contribution in [0.1, 0.15) is 12.0 Å². The van der Waals surface area contributed by atoms with Crippen LogP contribution in [0.25, 0.3) is 0 Å². The maximum Gasteiger partial charge on any atom is 0.573 e. The lowest BCUT2D eigenvalue weighted by molar-refractivity contribution is -0.274. The predicted octanol–water partition coefficient (Wildman–Crippen LogP) is 3.71. The summed E-state index contributed by atoms with van der Waals surface area (Å²) in [6, 6.07) is 4.24. The number of alkyl halides is 3. The van der Waals surface area contributed by atoms with Gasteiger partial charge in [-0.2, -0.15) is 11.8 Å². The third kappa shape index (κ3) is 4.09. The molecule has 0 saturated carbocycles. The molecule has 2 heterocycles. The van der Waals surface area contributed by atoms with Crippen LogP contribution in [0.15, 0.2) is 18.2 Å². The zero-order chi connectivity index (χ0) is 16.4. The first kappa shape index (κ1) is 16.8. The molecule has 8 heteroatoms. The molecule has 1 aromatic rings. The molecule has 3 nitrogen and oxygen atoms in total. The molecule has 126 valence electrons. The smallest absolute Gasteiger partial charge is 0.406 e. The van der Waals surface area contributed by atoms with Gasteiger partial charge in [0.2, 0.25) is 5.91 Å². The standard InChI is InChI=1S/C15H16F3NO2S2/c16-15(17,18)21-11-3-4-12-10(8-11)2-1-5-19(12)14(20)13-9-22-6-7-23-13/h3-4,8,13H,1-2,5-7,9H2. The third-order valence-corrected chi connectivity index (χ3v) is 6.50. The van der Waals surface area contributed by atoms with Crippen molar-refractivity contribution in [2.75, 3.05) is 28.7 Å². The highest BCUT2D eigenvalue weighted by molar-refractivity contribution is 8.07. The fourth-order valence-electron chi connectivity index (χ4n) is 2.80.